The number of nitrogens with two attached hydrogens (primary N) is 1. The van der Waals surface area contributed by atoms with Gasteiger partial charge in [0, 0.05) is 13.1 Å². The van der Waals surface area contributed by atoms with Gasteiger partial charge in [0.05, 0.1) is 7.05 Å². The van der Waals surface area contributed by atoms with Gasteiger partial charge in [0.25, 0.3) is 5.91 Å². The molecule has 0 bridgehead atoms. The van der Waals surface area contributed by atoms with Crippen molar-refractivity contribution in [2.24, 2.45) is 0 Å². The Labute approximate surface area is 61.4 Å². The minimum Gasteiger partial charge on any atom is -0.341 e. The van der Waals surface area contributed by atoms with Crippen molar-refractivity contribution >= 4 is 5.91 Å². The van der Waals surface area contributed by atoms with Crippen LogP contribution >= 0.6 is 0 Å². The first-order chi connectivity index (χ1) is 4.84. The van der Waals surface area contributed by atoms with Gasteiger partial charge < -0.3 is 10.2 Å². The second-order valence-corrected chi connectivity index (χ2v) is 2.70. The van der Waals surface area contributed by atoms with E-state index in [-0.39, 0.29) is 0 Å². The maximum atomic E-state index is 11.1. The predicted molar refractivity (Wildman–Crippen MR) is 38.5 cm³/mol. The molecule has 1 aliphatic rings. The molecule has 3 nitrogen and oxygen atoms in total. The van der Waals surface area contributed by atoms with Gasteiger partial charge in [-0.3, -0.25) is 4.79 Å². The smallest absolute Gasteiger partial charge is 0.277 e. The predicted octanol–water partition coefficient (Wildman–Crippen LogP) is -1.20. The van der Waals surface area contributed by atoms with Crippen molar-refractivity contribution < 1.29 is 10.1 Å². The third-order valence-corrected chi connectivity index (χ3v) is 1.84. The summed E-state index contributed by atoms with van der Waals surface area (Å²) in [6.45, 7) is 2.57. The van der Waals surface area contributed by atoms with E-state index in [1.165, 1.54) is 12.8 Å². The SMILES string of the molecule is C[NH2+]CC(=O)N1CCCC1. The summed E-state index contributed by atoms with van der Waals surface area (Å²) in [5, 5.41) is 1.92. The lowest BCUT2D eigenvalue weighted by atomic mass is 10.4. The summed E-state index contributed by atoms with van der Waals surface area (Å²) in [6.07, 6.45) is 2.38. The molecule has 58 valence electrons. The lowest BCUT2D eigenvalue weighted by Gasteiger charge is -2.12. The van der Waals surface area contributed by atoms with E-state index in [0.717, 1.165) is 13.1 Å². The average Bonchev–Trinajstić information content (AvgIpc) is 2.38. The third kappa shape index (κ3) is 1.70. The Morgan fingerprint density at radius 2 is 2.10 bits per heavy atom. The average molecular weight is 143 g/mol. The summed E-state index contributed by atoms with van der Waals surface area (Å²) in [5.74, 6) is 0.292. The van der Waals surface area contributed by atoms with Crippen LogP contribution < -0.4 is 5.32 Å². The normalized spacial score (nSPS) is 17.9. The molecule has 2 N–H and O–H groups in total. The number of hydrogen-bond donors (Lipinski definition) is 1. The maximum Gasteiger partial charge on any atom is 0.277 e. The molecule has 3 heteroatoms. The monoisotopic (exact) mass is 143 g/mol. The van der Waals surface area contributed by atoms with E-state index in [0.29, 0.717) is 12.5 Å². The Bertz CT molecular complexity index is 119. The van der Waals surface area contributed by atoms with Crippen LogP contribution in [0.5, 0.6) is 0 Å². The van der Waals surface area contributed by atoms with Crippen molar-refractivity contribution in [2.45, 2.75) is 12.8 Å². The molecule has 0 unspecified atom stereocenters. The molecule has 0 aliphatic carbocycles. The standard InChI is InChI=1S/C7H14N2O/c1-8-6-7(10)9-4-2-3-5-9/h8H,2-6H2,1H3/p+1. The second kappa shape index (κ2) is 3.56. The second-order valence-electron chi connectivity index (χ2n) is 2.70. The highest BCUT2D eigenvalue weighted by Gasteiger charge is 2.17. The molecule has 0 aromatic carbocycles. The highest BCUT2D eigenvalue weighted by molar-refractivity contribution is 5.77. The Morgan fingerprint density at radius 1 is 1.50 bits per heavy atom. The fraction of sp³-hybridized carbons (Fsp3) is 0.857. The number of quaternary nitrogens is 1. The summed E-state index contributed by atoms with van der Waals surface area (Å²) in [5.41, 5.74) is 0. The van der Waals surface area contributed by atoms with Gasteiger partial charge >= 0.3 is 0 Å². The van der Waals surface area contributed by atoms with Gasteiger partial charge in [-0.1, -0.05) is 0 Å². The van der Waals surface area contributed by atoms with Gasteiger partial charge in [0.1, 0.15) is 0 Å². The molecule has 1 aliphatic heterocycles. The van der Waals surface area contributed by atoms with Crippen molar-refractivity contribution in [3.8, 4) is 0 Å². The lowest BCUT2D eigenvalue weighted by molar-refractivity contribution is -0.616. The number of nitrogens with zero attached hydrogens (tertiary/aromatic N) is 1. The highest BCUT2D eigenvalue weighted by Crippen LogP contribution is 2.05. The zero-order valence-corrected chi connectivity index (χ0v) is 6.47. The molecule has 1 rings (SSSR count). The van der Waals surface area contributed by atoms with Crippen LogP contribution in [0.25, 0.3) is 0 Å². The fourth-order valence-corrected chi connectivity index (χ4v) is 1.27. The molecule has 1 heterocycles. The first-order valence-electron chi connectivity index (χ1n) is 3.90. The van der Waals surface area contributed by atoms with Crippen LogP contribution in [-0.4, -0.2) is 37.5 Å². The van der Waals surface area contributed by atoms with E-state index in [9.17, 15) is 4.79 Å². The van der Waals surface area contributed by atoms with Gasteiger partial charge in [-0.15, -0.1) is 0 Å². The van der Waals surface area contributed by atoms with Crippen molar-refractivity contribution in [2.75, 3.05) is 26.7 Å². The summed E-state index contributed by atoms with van der Waals surface area (Å²) in [4.78, 5) is 13.1. The summed E-state index contributed by atoms with van der Waals surface area (Å²) >= 11 is 0. The Hall–Kier alpha value is -0.570. The molecule has 0 aromatic heterocycles. The van der Waals surface area contributed by atoms with Gasteiger partial charge in [0.15, 0.2) is 6.54 Å². The van der Waals surface area contributed by atoms with Gasteiger partial charge in [-0.05, 0) is 12.8 Å². The Morgan fingerprint density at radius 3 is 2.60 bits per heavy atom. The van der Waals surface area contributed by atoms with Gasteiger partial charge in [-0.25, -0.2) is 0 Å². The first kappa shape index (κ1) is 7.54. The molecule has 0 saturated carbocycles. The van der Waals surface area contributed by atoms with Crippen molar-refractivity contribution in [3.63, 3.8) is 0 Å². The fourth-order valence-electron chi connectivity index (χ4n) is 1.27. The van der Waals surface area contributed by atoms with E-state index < -0.39 is 0 Å². The first-order valence-corrected chi connectivity index (χ1v) is 3.90. The van der Waals surface area contributed by atoms with Crippen LogP contribution in [0.1, 0.15) is 12.8 Å². The molecular formula is C7H15N2O+. The van der Waals surface area contributed by atoms with Crippen LogP contribution in [0.4, 0.5) is 0 Å². The van der Waals surface area contributed by atoms with E-state index in [4.69, 9.17) is 0 Å². The molecule has 10 heavy (non-hydrogen) atoms. The van der Waals surface area contributed by atoms with Crippen LogP contribution in [-0.2, 0) is 4.79 Å². The molecule has 1 fully saturated rings. The number of carbonyl (C=O) groups is 1. The molecular weight excluding hydrogens is 128 g/mol. The molecule has 1 saturated heterocycles. The van der Waals surface area contributed by atoms with Gasteiger partial charge in [0.2, 0.25) is 0 Å². The minimum absolute atomic E-state index is 0.292. The van der Waals surface area contributed by atoms with Crippen LogP contribution in [0.2, 0.25) is 0 Å². The van der Waals surface area contributed by atoms with E-state index in [2.05, 4.69) is 0 Å². The molecule has 1 amide bonds. The van der Waals surface area contributed by atoms with Gasteiger partial charge in [-0.2, -0.15) is 0 Å². The Balaban J connectivity index is 2.25. The summed E-state index contributed by atoms with van der Waals surface area (Å²) in [6, 6.07) is 0. The number of carbonyl (C=O) groups excluding carboxylic acids is 1. The Kier molecular flexibility index (Phi) is 2.68. The number of rotatable bonds is 2. The molecule has 0 aromatic rings. The summed E-state index contributed by atoms with van der Waals surface area (Å²) < 4.78 is 0. The molecule has 0 atom stereocenters. The van der Waals surface area contributed by atoms with Crippen LogP contribution in [0.15, 0.2) is 0 Å². The zero-order valence-electron chi connectivity index (χ0n) is 6.47. The number of likely N-dealkylation sites (N-methyl/N-ethyl adjacent to an activating group) is 1. The third-order valence-electron chi connectivity index (χ3n) is 1.84. The summed E-state index contributed by atoms with van der Waals surface area (Å²) in [7, 11) is 1.92. The van der Waals surface area contributed by atoms with E-state index in [1.807, 2.05) is 17.3 Å². The molecule has 0 radical (unpaired) electrons. The zero-order chi connectivity index (χ0) is 7.40. The van der Waals surface area contributed by atoms with Crippen molar-refractivity contribution in [1.29, 1.82) is 0 Å². The quantitative estimate of drug-likeness (QED) is 0.518. The van der Waals surface area contributed by atoms with Crippen LogP contribution in [0.3, 0.4) is 0 Å². The number of amides is 1. The minimum atomic E-state index is 0.292. The topological polar surface area (TPSA) is 36.9 Å². The van der Waals surface area contributed by atoms with Crippen LogP contribution in [0, 0.1) is 0 Å². The van der Waals surface area contributed by atoms with Crippen molar-refractivity contribution in [1.82, 2.24) is 4.90 Å². The number of likely N-dealkylation sites (tertiary alicyclic amines) is 1. The van der Waals surface area contributed by atoms with E-state index >= 15 is 0 Å². The molecule has 0 spiro atoms. The largest absolute Gasteiger partial charge is 0.341 e. The lowest BCUT2D eigenvalue weighted by Crippen LogP contribution is -2.82. The maximum absolute atomic E-state index is 11.1. The highest BCUT2D eigenvalue weighted by atomic mass is 16.2. The van der Waals surface area contributed by atoms with E-state index in [1.54, 1.807) is 0 Å². The number of hydrogen-bond acceptors (Lipinski definition) is 1. The van der Waals surface area contributed by atoms with Crippen molar-refractivity contribution in [3.05, 3.63) is 0 Å².